The van der Waals surface area contributed by atoms with Gasteiger partial charge in [0.2, 0.25) is 0 Å². The molecule has 0 aliphatic carbocycles. The van der Waals surface area contributed by atoms with E-state index in [1.165, 1.54) is 0 Å². The van der Waals surface area contributed by atoms with Gasteiger partial charge in [-0.3, -0.25) is 4.98 Å². The standard InChI is InChI=1S/C27H15N3/c28-16-18-7-11-20(12-8-18)25-22-4-1-2-5-23(22)26(27-24(25)6-3-15-30-27)21-13-9-19(17-29)10-14-21/h1-15H. The zero-order valence-electron chi connectivity index (χ0n) is 16.0. The highest BCUT2D eigenvalue weighted by Gasteiger charge is 2.17. The fourth-order valence-electron chi connectivity index (χ4n) is 4.02. The first-order chi connectivity index (χ1) is 14.8. The maximum Gasteiger partial charge on any atom is 0.0991 e. The summed E-state index contributed by atoms with van der Waals surface area (Å²) in [6, 6.07) is 32.1. The second-order valence-electron chi connectivity index (χ2n) is 7.07. The average Bonchev–Trinajstić information content (AvgIpc) is 2.82. The molecule has 3 heteroatoms. The van der Waals surface area contributed by atoms with Crippen LogP contribution in [-0.2, 0) is 0 Å². The third-order valence-corrected chi connectivity index (χ3v) is 5.38. The van der Waals surface area contributed by atoms with Crippen LogP contribution in [0.4, 0.5) is 0 Å². The third-order valence-electron chi connectivity index (χ3n) is 5.38. The van der Waals surface area contributed by atoms with Crippen molar-refractivity contribution in [2.45, 2.75) is 0 Å². The second-order valence-corrected chi connectivity index (χ2v) is 7.07. The van der Waals surface area contributed by atoms with E-state index in [9.17, 15) is 0 Å². The molecule has 5 aromatic rings. The lowest BCUT2D eigenvalue weighted by atomic mass is 9.88. The van der Waals surface area contributed by atoms with Crippen LogP contribution in [0, 0.1) is 22.7 Å². The summed E-state index contributed by atoms with van der Waals surface area (Å²) in [5, 5.41) is 21.6. The molecule has 0 N–H and O–H groups in total. The number of rotatable bonds is 2. The zero-order chi connectivity index (χ0) is 20.5. The van der Waals surface area contributed by atoms with Gasteiger partial charge in [-0.1, -0.05) is 54.6 Å². The number of fused-ring (bicyclic) bond motifs is 2. The predicted octanol–water partition coefficient (Wildman–Crippen LogP) is 6.47. The summed E-state index contributed by atoms with van der Waals surface area (Å²) in [6.45, 7) is 0. The number of hydrogen-bond donors (Lipinski definition) is 0. The Morgan fingerprint density at radius 2 is 1.03 bits per heavy atom. The first-order valence-electron chi connectivity index (χ1n) is 9.60. The van der Waals surface area contributed by atoms with E-state index in [1.54, 1.807) is 0 Å². The van der Waals surface area contributed by atoms with E-state index in [0.717, 1.165) is 43.9 Å². The highest BCUT2D eigenvalue weighted by Crippen LogP contribution is 2.42. The van der Waals surface area contributed by atoms with Gasteiger partial charge in [0, 0.05) is 17.1 Å². The van der Waals surface area contributed by atoms with Crippen molar-refractivity contribution >= 4 is 21.7 Å². The quantitative estimate of drug-likeness (QED) is 0.329. The fraction of sp³-hybridized carbons (Fsp3) is 0. The minimum Gasteiger partial charge on any atom is -0.256 e. The van der Waals surface area contributed by atoms with Gasteiger partial charge in [-0.2, -0.15) is 10.5 Å². The third kappa shape index (κ3) is 2.78. The van der Waals surface area contributed by atoms with Crippen LogP contribution in [0.1, 0.15) is 11.1 Å². The van der Waals surface area contributed by atoms with Crippen LogP contribution in [0.3, 0.4) is 0 Å². The Labute approximate surface area is 174 Å². The van der Waals surface area contributed by atoms with E-state index in [0.29, 0.717) is 11.1 Å². The van der Waals surface area contributed by atoms with Crippen molar-refractivity contribution in [3.05, 3.63) is 102 Å². The SMILES string of the molecule is N#Cc1ccc(-c2c3ccccc3c(-c3ccc(C#N)cc3)c3ncccc23)cc1. The first kappa shape index (κ1) is 17.6. The van der Waals surface area contributed by atoms with Crippen molar-refractivity contribution in [3.8, 4) is 34.4 Å². The Morgan fingerprint density at radius 1 is 0.533 bits per heavy atom. The molecule has 0 spiro atoms. The number of aromatic nitrogens is 1. The molecule has 0 unspecified atom stereocenters. The molecular formula is C27H15N3. The van der Waals surface area contributed by atoms with E-state index in [1.807, 2.05) is 72.9 Å². The maximum absolute atomic E-state index is 9.16. The number of benzene rings is 4. The molecule has 3 nitrogen and oxygen atoms in total. The number of pyridine rings is 1. The Balaban J connectivity index is 1.91. The van der Waals surface area contributed by atoms with Crippen molar-refractivity contribution in [3.63, 3.8) is 0 Å². The minimum absolute atomic E-state index is 0.634. The highest BCUT2D eigenvalue weighted by atomic mass is 14.7. The van der Waals surface area contributed by atoms with Gasteiger partial charge in [-0.05, 0) is 57.8 Å². The molecular weight excluding hydrogens is 366 g/mol. The molecule has 0 atom stereocenters. The maximum atomic E-state index is 9.16. The lowest BCUT2D eigenvalue weighted by molar-refractivity contribution is 1.41. The Bertz CT molecular complexity index is 1310. The van der Waals surface area contributed by atoms with Gasteiger partial charge in [0.15, 0.2) is 0 Å². The summed E-state index contributed by atoms with van der Waals surface area (Å²) in [6.07, 6.45) is 1.81. The van der Waals surface area contributed by atoms with Crippen LogP contribution >= 0.6 is 0 Å². The highest BCUT2D eigenvalue weighted by molar-refractivity contribution is 6.20. The lowest BCUT2D eigenvalue weighted by Gasteiger charge is -2.17. The van der Waals surface area contributed by atoms with Gasteiger partial charge in [0.1, 0.15) is 0 Å². The van der Waals surface area contributed by atoms with Crippen LogP contribution in [0.25, 0.3) is 43.9 Å². The average molecular weight is 381 g/mol. The van der Waals surface area contributed by atoms with Crippen LogP contribution < -0.4 is 0 Å². The van der Waals surface area contributed by atoms with Crippen LogP contribution in [0.15, 0.2) is 91.1 Å². The number of hydrogen-bond acceptors (Lipinski definition) is 3. The van der Waals surface area contributed by atoms with Crippen LogP contribution in [-0.4, -0.2) is 4.98 Å². The van der Waals surface area contributed by atoms with Gasteiger partial charge in [-0.25, -0.2) is 0 Å². The van der Waals surface area contributed by atoms with Gasteiger partial charge < -0.3 is 0 Å². The van der Waals surface area contributed by atoms with Gasteiger partial charge >= 0.3 is 0 Å². The molecule has 0 bridgehead atoms. The van der Waals surface area contributed by atoms with Gasteiger partial charge in [0.25, 0.3) is 0 Å². The molecule has 0 fully saturated rings. The Hall–Kier alpha value is -4.47. The molecule has 0 aliphatic heterocycles. The molecule has 4 aromatic carbocycles. The molecule has 0 saturated carbocycles. The van der Waals surface area contributed by atoms with Crippen molar-refractivity contribution in [1.82, 2.24) is 4.98 Å². The second kappa shape index (κ2) is 7.17. The summed E-state index contributed by atoms with van der Waals surface area (Å²) in [5.74, 6) is 0. The summed E-state index contributed by atoms with van der Waals surface area (Å²) in [4.78, 5) is 4.75. The predicted molar refractivity (Wildman–Crippen MR) is 120 cm³/mol. The van der Waals surface area contributed by atoms with Gasteiger partial charge in [0.05, 0.1) is 28.8 Å². The zero-order valence-corrected chi connectivity index (χ0v) is 16.0. The minimum atomic E-state index is 0.634. The van der Waals surface area contributed by atoms with E-state index in [-0.39, 0.29) is 0 Å². The summed E-state index contributed by atoms with van der Waals surface area (Å²) in [5.41, 5.74) is 6.43. The topological polar surface area (TPSA) is 60.5 Å². The molecule has 1 aromatic heterocycles. The summed E-state index contributed by atoms with van der Waals surface area (Å²) < 4.78 is 0. The van der Waals surface area contributed by atoms with Crippen molar-refractivity contribution in [2.75, 3.05) is 0 Å². The Morgan fingerprint density at radius 3 is 1.60 bits per heavy atom. The summed E-state index contributed by atoms with van der Waals surface area (Å²) >= 11 is 0. The van der Waals surface area contributed by atoms with Crippen molar-refractivity contribution < 1.29 is 0 Å². The number of nitriles is 2. The molecule has 30 heavy (non-hydrogen) atoms. The van der Waals surface area contributed by atoms with E-state index < -0.39 is 0 Å². The molecule has 5 rings (SSSR count). The number of nitrogens with zero attached hydrogens (tertiary/aromatic N) is 3. The van der Waals surface area contributed by atoms with E-state index in [2.05, 4.69) is 30.3 Å². The molecule has 0 saturated heterocycles. The largest absolute Gasteiger partial charge is 0.256 e. The molecule has 0 amide bonds. The molecule has 0 aliphatic rings. The summed E-state index contributed by atoms with van der Waals surface area (Å²) in [7, 11) is 0. The van der Waals surface area contributed by atoms with Gasteiger partial charge in [-0.15, -0.1) is 0 Å². The molecule has 1 heterocycles. The smallest absolute Gasteiger partial charge is 0.0991 e. The first-order valence-corrected chi connectivity index (χ1v) is 9.60. The lowest BCUT2D eigenvalue weighted by Crippen LogP contribution is -1.92. The Kier molecular flexibility index (Phi) is 4.21. The normalized spacial score (nSPS) is 10.6. The van der Waals surface area contributed by atoms with Crippen LogP contribution in [0.2, 0.25) is 0 Å². The molecule has 0 radical (unpaired) electrons. The fourth-order valence-corrected chi connectivity index (χ4v) is 4.02. The van der Waals surface area contributed by atoms with E-state index >= 15 is 0 Å². The monoisotopic (exact) mass is 381 g/mol. The van der Waals surface area contributed by atoms with Crippen molar-refractivity contribution in [2.24, 2.45) is 0 Å². The molecule has 138 valence electrons. The van der Waals surface area contributed by atoms with Crippen LogP contribution in [0.5, 0.6) is 0 Å². The van der Waals surface area contributed by atoms with E-state index in [4.69, 9.17) is 15.5 Å². The van der Waals surface area contributed by atoms with Crippen molar-refractivity contribution in [1.29, 1.82) is 10.5 Å².